The van der Waals surface area contributed by atoms with Gasteiger partial charge in [0.2, 0.25) is 0 Å². The first-order valence-corrected chi connectivity index (χ1v) is 0. The summed E-state index contributed by atoms with van der Waals surface area (Å²) in [7, 11) is 0. The van der Waals surface area contributed by atoms with E-state index in [-0.39, 0.29) is 96.1 Å². The molecule has 0 nitrogen and oxygen atoms in total. The predicted octanol–water partition coefficient (Wildman–Crippen LogP) is -5.35. The first kappa shape index (κ1) is 28.0. The van der Waals surface area contributed by atoms with Gasteiger partial charge in [-0.25, -0.2) is 0 Å². The van der Waals surface area contributed by atoms with E-state index in [9.17, 15) is 0 Å². The second-order valence-corrected chi connectivity index (χ2v) is 0. The largest absolute Gasteiger partial charge is 1.00 e. The van der Waals surface area contributed by atoms with Crippen LogP contribution in [0, 0.1) is 0 Å². The Labute approximate surface area is 94.3 Å². The summed E-state index contributed by atoms with van der Waals surface area (Å²) in [6, 6.07) is 0. The third-order valence-corrected chi connectivity index (χ3v) is 0. The van der Waals surface area contributed by atoms with Gasteiger partial charge in [-0.05, 0) is 0 Å². The molecule has 0 aromatic heterocycles. The van der Waals surface area contributed by atoms with Crippen LogP contribution in [0.2, 0.25) is 0 Å². The molecule has 0 aliphatic heterocycles. The van der Waals surface area contributed by atoms with Crippen LogP contribution in [-0.2, 0) is 21.7 Å². The molecule has 0 aromatic carbocycles. The minimum atomic E-state index is 0. The summed E-state index contributed by atoms with van der Waals surface area (Å²) in [6.45, 7) is 0. The Morgan fingerprint density at radius 1 is 1.00 bits per heavy atom. The van der Waals surface area contributed by atoms with Crippen molar-refractivity contribution in [2.45, 2.75) is 0 Å². The Morgan fingerprint density at radius 2 is 1.00 bits per heavy atom. The zero-order valence-electron chi connectivity index (χ0n) is 4.91. The van der Waals surface area contributed by atoms with E-state index in [2.05, 4.69) is 0 Å². The SMILES string of the molecule is Cl.[H-].[H-].[Na+].[Na+].[Ti]. The molecular weight excluding hydrogens is 129 g/mol. The summed E-state index contributed by atoms with van der Waals surface area (Å²) >= 11 is 0. The third kappa shape index (κ3) is 8.89. The Hall–Kier alpha value is 3.00. The average molecular weight is 132 g/mol. The first-order chi connectivity index (χ1) is 0. The van der Waals surface area contributed by atoms with Crippen LogP contribution in [0.5, 0.6) is 0 Å². The van der Waals surface area contributed by atoms with E-state index in [0.29, 0.717) is 0 Å². The van der Waals surface area contributed by atoms with Crippen LogP contribution in [0.1, 0.15) is 2.85 Å². The van der Waals surface area contributed by atoms with Crippen molar-refractivity contribution < 1.29 is 83.7 Å². The normalized spacial score (nSPS) is 0. The van der Waals surface area contributed by atoms with Crippen LogP contribution in [-0.4, -0.2) is 0 Å². The molecule has 16 valence electrons. The van der Waals surface area contributed by atoms with Crippen LogP contribution in [0.15, 0.2) is 0 Å². The molecule has 0 spiro atoms. The van der Waals surface area contributed by atoms with Crippen molar-refractivity contribution in [2.24, 2.45) is 0 Å². The zero-order valence-corrected chi connectivity index (χ0v) is 9.29. The topological polar surface area (TPSA) is 0 Å². The molecule has 0 fully saturated rings. The van der Waals surface area contributed by atoms with Gasteiger partial charge in [0.25, 0.3) is 0 Å². The molecule has 0 aromatic rings. The molecule has 0 rings (SSSR count). The fourth-order valence-corrected chi connectivity index (χ4v) is 0. The van der Waals surface area contributed by atoms with Gasteiger partial charge in [0, 0.05) is 21.7 Å². The molecule has 0 heterocycles. The molecule has 0 saturated carbocycles. The Bertz CT molecular complexity index is 11.5. The van der Waals surface area contributed by atoms with E-state index in [0.717, 1.165) is 0 Å². The smallest absolute Gasteiger partial charge is 1.00 e. The summed E-state index contributed by atoms with van der Waals surface area (Å²) in [5.74, 6) is 0. The van der Waals surface area contributed by atoms with Gasteiger partial charge in [0.15, 0.2) is 0 Å². The molecule has 0 bridgehead atoms. The Kier molecular flexibility index (Phi) is 117. The molecular formula is H3ClNa2Ti. The molecule has 4 heavy (non-hydrogen) atoms. The van der Waals surface area contributed by atoms with Crippen molar-refractivity contribution in [2.75, 3.05) is 0 Å². The minimum Gasteiger partial charge on any atom is -1.00 e. The number of hydrogen-bond acceptors (Lipinski definition) is 0. The third-order valence-electron chi connectivity index (χ3n) is 0. The summed E-state index contributed by atoms with van der Waals surface area (Å²) < 4.78 is 0. The average Bonchev–Trinajstić information content (AvgIpc) is 0. The van der Waals surface area contributed by atoms with Gasteiger partial charge in [0.1, 0.15) is 0 Å². The second-order valence-electron chi connectivity index (χ2n) is 0. The number of hydrogen-bond donors (Lipinski definition) is 0. The van der Waals surface area contributed by atoms with E-state index in [1.54, 1.807) is 0 Å². The van der Waals surface area contributed by atoms with E-state index in [1.807, 2.05) is 0 Å². The van der Waals surface area contributed by atoms with E-state index < -0.39 is 0 Å². The minimum absolute atomic E-state index is 0. The monoisotopic (exact) mass is 132 g/mol. The number of halogens is 1. The molecule has 0 amide bonds. The zero-order chi connectivity index (χ0) is 0. The first-order valence-electron chi connectivity index (χ1n) is 0. The maximum Gasteiger partial charge on any atom is 1.00 e. The maximum atomic E-state index is 0. The van der Waals surface area contributed by atoms with Crippen molar-refractivity contribution in [1.29, 1.82) is 0 Å². The van der Waals surface area contributed by atoms with Gasteiger partial charge >= 0.3 is 59.1 Å². The van der Waals surface area contributed by atoms with Gasteiger partial charge in [-0.1, -0.05) is 0 Å². The Balaban J connectivity index is 0. The van der Waals surface area contributed by atoms with Crippen LogP contribution >= 0.6 is 12.4 Å². The van der Waals surface area contributed by atoms with Gasteiger partial charge in [-0.2, -0.15) is 0 Å². The van der Waals surface area contributed by atoms with Crippen molar-refractivity contribution in [3.05, 3.63) is 0 Å². The Morgan fingerprint density at radius 3 is 1.00 bits per heavy atom. The fraction of sp³-hybridized carbons (Fsp3) is 0. The van der Waals surface area contributed by atoms with E-state index in [4.69, 9.17) is 0 Å². The van der Waals surface area contributed by atoms with Crippen molar-refractivity contribution >= 4 is 12.4 Å². The van der Waals surface area contributed by atoms with Crippen LogP contribution in [0.3, 0.4) is 0 Å². The summed E-state index contributed by atoms with van der Waals surface area (Å²) in [5, 5.41) is 0. The van der Waals surface area contributed by atoms with Crippen molar-refractivity contribution in [3.63, 3.8) is 0 Å². The van der Waals surface area contributed by atoms with Gasteiger partial charge in [-0.3, -0.25) is 0 Å². The second kappa shape index (κ2) is 16.7. The molecule has 0 radical (unpaired) electrons. The maximum absolute atomic E-state index is 0. The summed E-state index contributed by atoms with van der Waals surface area (Å²) in [6.07, 6.45) is 0. The molecule has 0 aliphatic rings. The number of rotatable bonds is 0. The summed E-state index contributed by atoms with van der Waals surface area (Å²) in [4.78, 5) is 0. The van der Waals surface area contributed by atoms with Crippen molar-refractivity contribution in [3.8, 4) is 0 Å². The van der Waals surface area contributed by atoms with Gasteiger partial charge < -0.3 is 2.85 Å². The van der Waals surface area contributed by atoms with Crippen LogP contribution < -0.4 is 59.1 Å². The molecule has 4 heteroatoms. The van der Waals surface area contributed by atoms with Gasteiger partial charge in [-0.15, -0.1) is 12.4 Å². The molecule has 0 atom stereocenters. The van der Waals surface area contributed by atoms with Gasteiger partial charge in [0.05, 0.1) is 0 Å². The van der Waals surface area contributed by atoms with E-state index >= 15 is 0 Å². The van der Waals surface area contributed by atoms with E-state index in [1.165, 1.54) is 0 Å². The fourth-order valence-electron chi connectivity index (χ4n) is 0. The quantitative estimate of drug-likeness (QED) is 0.289. The summed E-state index contributed by atoms with van der Waals surface area (Å²) in [5.41, 5.74) is 0. The van der Waals surface area contributed by atoms with Crippen molar-refractivity contribution in [1.82, 2.24) is 0 Å². The molecule has 0 N–H and O–H groups in total. The molecule has 0 aliphatic carbocycles. The van der Waals surface area contributed by atoms with Crippen LogP contribution in [0.4, 0.5) is 0 Å². The van der Waals surface area contributed by atoms with Crippen LogP contribution in [0.25, 0.3) is 0 Å². The standard InChI is InChI=1S/ClH.2Na.Ti.2H/h1H;;;;;/q;2*+1;;2*-1. The molecule has 0 saturated heterocycles. The molecule has 0 unspecified atom stereocenters. The predicted molar refractivity (Wildman–Crippen MR) is 9.47 cm³/mol.